The minimum absolute atomic E-state index is 0.00579. The van der Waals surface area contributed by atoms with E-state index < -0.39 is 0 Å². The van der Waals surface area contributed by atoms with Crippen LogP contribution in [0.1, 0.15) is 15.2 Å². The third-order valence-corrected chi connectivity index (χ3v) is 4.22. The number of Topliss-reactive ketones (excluding diaryl/α,β-unsaturated/α-hetero) is 1. The van der Waals surface area contributed by atoms with Crippen LogP contribution in [0.15, 0.2) is 22.1 Å². The zero-order valence-corrected chi connectivity index (χ0v) is 11.0. The van der Waals surface area contributed by atoms with Crippen molar-refractivity contribution in [3.05, 3.63) is 32.6 Å². The van der Waals surface area contributed by atoms with Crippen LogP contribution in [0.25, 0.3) is 0 Å². The normalized spacial score (nSPS) is 10.6. The molecule has 0 bridgehead atoms. The van der Waals surface area contributed by atoms with Crippen LogP contribution in [0.2, 0.25) is 0 Å². The first-order valence-corrected chi connectivity index (χ1v) is 6.29. The minimum Gasteiger partial charge on any atom is -0.383 e. The van der Waals surface area contributed by atoms with Crippen molar-refractivity contribution in [3.63, 3.8) is 0 Å². The number of nitrogens with two attached hydrogens (primary N) is 1. The van der Waals surface area contributed by atoms with Gasteiger partial charge in [0.25, 0.3) is 0 Å². The lowest BCUT2D eigenvalue weighted by Crippen LogP contribution is -2.06. The molecule has 6 heteroatoms. The van der Waals surface area contributed by atoms with E-state index in [0.717, 1.165) is 9.35 Å². The quantitative estimate of drug-likeness (QED) is 0.884. The Hall–Kier alpha value is -1.14. The summed E-state index contributed by atoms with van der Waals surface area (Å²) in [6, 6.07) is 1.93. The van der Waals surface area contributed by atoms with Crippen LogP contribution in [0.5, 0.6) is 0 Å². The Morgan fingerprint density at radius 1 is 1.69 bits per heavy atom. The highest BCUT2D eigenvalue weighted by atomic mass is 79.9. The molecule has 16 heavy (non-hydrogen) atoms. The molecule has 0 aliphatic heterocycles. The van der Waals surface area contributed by atoms with E-state index in [1.807, 2.05) is 11.4 Å². The maximum Gasteiger partial charge on any atom is 0.173 e. The maximum absolute atomic E-state index is 12.0. The molecule has 0 amide bonds. The number of hydrogen-bond acceptors (Lipinski definition) is 4. The molecule has 2 rings (SSSR count). The Labute approximate surface area is 105 Å². The molecule has 0 spiro atoms. The van der Waals surface area contributed by atoms with Gasteiger partial charge >= 0.3 is 0 Å². The van der Waals surface area contributed by atoms with Crippen molar-refractivity contribution in [2.75, 3.05) is 5.73 Å². The molecule has 0 aromatic carbocycles. The van der Waals surface area contributed by atoms with Gasteiger partial charge in [0, 0.05) is 22.8 Å². The molecule has 4 nitrogen and oxygen atoms in total. The number of carbonyl (C=O) groups is 1. The largest absolute Gasteiger partial charge is 0.383 e. The zero-order valence-electron chi connectivity index (χ0n) is 8.61. The van der Waals surface area contributed by atoms with E-state index in [1.165, 1.54) is 10.9 Å². The standard InChI is InChI=1S/C10H10BrN3OS/c1-14-10(12)6(5-13-14)8(15)4-9-7(11)2-3-16-9/h2-3,5H,4,12H2,1H3. The molecule has 2 heterocycles. The monoisotopic (exact) mass is 299 g/mol. The number of nitrogens with zero attached hydrogens (tertiary/aromatic N) is 2. The summed E-state index contributed by atoms with van der Waals surface area (Å²) >= 11 is 4.95. The van der Waals surface area contributed by atoms with Gasteiger partial charge in [-0.1, -0.05) is 0 Å². The molecule has 0 saturated heterocycles. The lowest BCUT2D eigenvalue weighted by Gasteiger charge is -1.99. The van der Waals surface area contributed by atoms with Crippen LogP contribution < -0.4 is 5.73 Å². The van der Waals surface area contributed by atoms with Gasteiger partial charge in [0.1, 0.15) is 5.82 Å². The van der Waals surface area contributed by atoms with Gasteiger partial charge in [0.2, 0.25) is 0 Å². The smallest absolute Gasteiger partial charge is 0.173 e. The first kappa shape index (κ1) is 11.3. The molecule has 0 fully saturated rings. The molecule has 2 aromatic heterocycles. The first-order valence-electron chi connectivity index (χ1n) is 4.62. The summed E-state index contributed by atoms with van der Waals surface area (Å²) < 4.78 is 2.46. The van der Waals surface area contributed by atoms with Crippen molar-refractivity contribution in [3.8, 4) is 0 Å². The Kier molecular flexibility index (Phi) is 3.11. The van der Waals surface area contributed by atoms with E-state index in [2.05, 4.69) is 21.0 Å². The third-order valence-electron chi connectivity index (χ3n) is 2.30. The highest BCUT2D eigenvalue weighted by Gasteiger charge is 2.15. The van der Waals surface area contributed by atoms with E-state index in [-0.39, 0.29) is 5.78 Å². The van der Waals surface area contributed by atoms with Crippen molar-refractivity contribution in [1.82, 2.24) is 9.78 Å². The average Bonchev–Trinajstić information content (AvgIpc) is 2.77. The third kappa shape index (κ3) is 2.03. The predicted molar refractivity (Wildman–Crippen MR) is 67.7 cm³/mol. The van der Waals surface area contributed by atoms with E-state index in [9.17, 15) is 4.79 Å². The van der Waals surface area contributed by atoms with E-state index >= 15 is 0 Å². The molecule has 0 saturated carbocycles. The fourth-order valence-corrected chi connectivity index (χ4v) is 2.85. The Bertz CT molecular complexity index is 532. The van der Waals surface area contributed by atoms with Gasteiger partial charge in [-0.25, -0.2) is 0 Å². The SMILES string of the molecule is Cn1ncc(C(=O)Cc2sccc2Br)c1N. The Morgan fingerprint density at radius 2 is 2.44 bits per heavy atom. The van der Waals surface area contributed by atoms with Gasteiger partial charge in [0.05, 0.1) is 11.8 Å². The molecular weight excluding hydrogens is 290 g/mol. The molecule has 84 valence electrons. The number of carbonyl (C=O) groups excluding carboxylic acids is 1. The summed E-state index contributed by atoms with van der Waals surface area (Å²) in [6.45, 7) is 0. The van der Waals surface area contributed by atoms with Crippen LogP contribution >= 0.6 is 27.3 Å². The number of ketones is 1. The lowest BCUT2D eigenvalue weighted by molar-refractivity contribution is 0.0994. The molecular formula is C10H10BrN3OS. The van der Waals surface area contributed by atoms with Crippen molar-refractivity contribution in [2.45, 2.75) is 6.42 Å². The molecule has 2 N–H and O–H groups in total. The van der Waals surface area contributed by atoms with E-state index in [0.29, 0.717) is 17.8 Å². The minimum atomic E-state index is -0.00579. The fourth-order valence-electron chi connectivity index (χ4n) is 1.35. The van der Waals surface area contributed by atoms with Crippen molar-refractivity contribution in [2.24, 2.45) is 7.05 Å². The number of nitrogen functional groups attached to an aromatic ring is 1. The number of halogens is 1. The molecule has 0 aliphatic carbocycles. The fraction of sp³-hybridized carbons (Fsp3) is 0.200. The predicted octanol–water partition coefficient (Wildman–Crippen LogP) is 2.25. The molecule has 0 unspecified atom stereocenters. The first-order chi connectivity index (χ1) is 7.59. The second-order valence-corrected chi connectivity index (χ2v) is 5.21. The van der Waals surface area contributed by atoms with E-state index in [4.69, 9.17) is 5.73 Å². The maximum atomic E-state index is 12.0. The molecule has 0 atom stereocenters. The number of anilines is 1. The van der Waals surface area contributed by atoms with Crippen molar-refractivity contribution >= 4 is 38.9 Å². The lowest BCUT2D eigenvalue weighted by atomic mass is 10.1. The molecule has 0 aliphatic rings. The number of hydrogen-bond donors (Lipinski definition) is 1. The Balaban J connectivity index is 2.21. The van der Waals surface area contributed by atoms with Gasteiger partial charge in [-0.2, -0.15) is 5.10 Å². The summed E-state index contributed by atoms with van der Waals surface area (Å²) in [7, 11) is 1.72. The highest BCUT2D eigenvalue weighted by molar-refractivity contribution is 9.10. The number of aryl methyl sites for hydroxylation is 1. The number of thiophene rings is 1. The van der Waals surface area contributed by atoms with Gasteiger partial charge in [0.15, 0.2) is 5.78 Å². The van der Waals surface area contributed by atoms with Crippen molar-refractivity contribution < 1.29 is 4.79 Å². The summed E-state index contributed by atoms with van der Waals surface area (Å²) in [6.07, 6.45) is 1.87. The number of aromatic nitrogens is 2. The topological polar surface area (TPSA) is 60.9 Å². The van der Waals surface area contributed by atoms with Crippen molar-refractivity contribution in [1.29, 1.82) is 0 Å². The van der Waals surface area contributed by atoms with E-state index in [1.54, 1.807) is 18.4 Å². The van der Waals surface area contributed by atoms with Gasteiger partial charge in [-0.05, 0) is 27.4 Å². The van der Waals surface area contributed by atoms with Crippen LogP contribution in [-0.2, 0) is 13.5 Å². The van der Waals surface area contributed by atoms with Crippen LogP contribution in [0.3, 0.4) is 0 Å². The van der Waals surface area contributed by atoms with Crippen LogP contribution in [0.4, 0.5) is 5.82 Å². The van der Waals surface area contributed by atoms with Crippen LogP contribution in [-0.4, -0.2) is 15.6 Å². The second kappa shape index (κ2) is 4.39. The Morgan fingerprint density at radius 3 is 2.94 bits per heavy atom. The second-order valence-electron chi connectivity index (χ2n) is 3.36. The summed E-state index contributed by atoms with van der Waals surface area (Å²) in [5.74, 6) is 0.409. The van der Waals surface area contributed by atoms with Gasteiger partial charge in [-0.3, -0.25) is 9.48 Å². The van der Waals surface area contributed by atoms with Crippen LogP contribution in [0, 0.1) is 0 Å². The summed E-state index contributed by atoms with van der Waals surface area (Å²) in [4.78, 5) is 13.0. The molecule has 0 radical (unpaired) electrons. The summed E-state index contributed by atoms with van der Waals surface area (Å²) in [5, 5.41) is 5.90. The summed E-state index contributed by atoms with van der Waals surface area (Å²) in [5.41, 5.74) is 6.23. The molecule has 2 aromatic rings. The van der Waals surface area contributed by atoms with Gasteiger partial charge < -0.3 is 5.73 Å². The average molecular weight is 300 g/mol. The van der Waals surface area contributed by atoms with Gasteiger partial charge in [-0.15, -0.1) is 11.3 Å². The zero-order chi connectivity index (χ0) is 11.7. The highest BCUT2D eigenvalue weighted by Crippen LogP contribution is 2.25. The number of rotatable bonds is 3.